The number of thioether (sulfide) groups is 1. The van der Waals surface area contributed by atoms with Crippen molar-refractivity contribution in [2.75, 3.05) is 6.26 Å². The number of phenols is 1. The highest BCUT2D eigenvalue weighted by atomic mass is 79.9. The van der Waals surface area contributed by atoms with E-state index in [0.29, 0.717) is 15.3 Å². The zero-order chi connectivity index (χ0) is 13.8. The molecule has 0 bridgehead atoms. The van der Waals surface area contributed by atoms with Crippen molar-refractivity contribution in [3.05, 3.63) is 28.2 Å². The summed E-state index contributed by atoms with van der Waals surface area (Å²) in [5.74, 6) is -0.00663. The van der Waals surface area contributed by atoms with Gasteiger partial charge in [-0.25, -0.2) is 0 Å². The van der Waals surface area contributed by atoms with Gasteiger partial charge in [0.15, 0.2) is 0 Å². The van der Waals surface area contributed by atoms with Crippen molar-refractivity contribution in [2.24, 2.45) is 0 Å². The molecule has 5 heteroatoms. The van der Waals surface area contributed by atoms with Crippen LogP contribution in [0, 0.1) is 0 Å². The van der Waals surface area contributed by atoms with Gasteiger partial charge in [-0.15, -0.1) is 0 Å². The van der Waals surface area contributed by atoms with Crippen LogP contribution >= 0.6 is 27.7 Å². The lowest BCUT2D eigenvalue weighted by Gasteiger charge is -2.28. The van der Waals surface area contributed by atoms with Gasteiger partial charge in [0.25, 0.3) is 5.91 Å². The van der Waals surface area contributed by atoms with Crippen LogP contribution in [0.2, 0.25) is 0 Å². The second-order valence-corrected chi connectivity index (χ2v) is 6.85. The van der Waals surface area contributed by atoms with E-state index in [1.165, 1.54) is 18.9 Å². The van der Waals surface area contributed by atoms with Gasteiger partial charge < -0.3 is 10.4 Å². The summed E-state index contributed by atoms with van der Waals surface area (Å²) in [5, 5.41) is 13.3. The number of hydrogen-bond acceptors (Lipinski definition) is 3. The molecule has 2 N–H and O–H groups in total. The Morgan fingerprint density at radius 2 is 2.26 bits per heavy atom. The Morgan fingerprint density at radius 1 is 1.47 bits per heavy atom. The van der Waals surface area contributed by atoms with Gasteiger partial charge in [0.05, 0.1) is 4.47 Å². The molecule has 19 heavy (non-hydrogen) atoms. The first-order valence-corrected chi connectivity index (χ1v) is 8.50. The molecule has 0 saturated heterocycles. The number of hydrogen-bond donors (Lipinski definition) is 2. The zero-order valence-corrected chi connectivity index (χ0v) is 13.3. The standard InChI is InChI=1S/C14H18BrNO2S/c1-19-11-4-2-3-10(8-11)16-14(18)9-5-6-12(15)13(17)7-9/h5-7,10-11,17H,2-4,8H2,1H3,(H,16,18). The SMILES string of the molecule is CSC1CCCC(NC(=O)c2ccc(Br)c(O)c2)C1. The van der Waals surface area contributed by atoms with Crippen LogP contribution in [-0.2, 0) is 0 Å². The van der Waals surface area contributed by atoms with E-state index in [2.05, 4.69) is 27.5 Å². The Hall–Kier alpha value is -0.680. The lowest BCUT2D eigenvalue weighted by molar-refractivity contribution is 0.0928. The summed E-state index contributed by atoms with van der Waals surface area (Å²) in [6.07, 6.45) is 6.62. The first-order chi connectivity index (χ1) is 9.10. The molecule has 0 aliphatic heterocycles. The highest BCUT2D eigenvalue weighted by Crippen LogP contribution is 2.28. The summed E-state index contributed by atoms with van der Waals surface area (Å²) < 4.78 is 0.601. The van der Waals surface area contributed by atoms with E-state index in [4.69, 9.17) is 0 Å². The molecule has 1 amide bonds. The van der Waals surface area contributed by atoms with Crippen molar-refractivity contribution in [1.29, 1.82) is 0 Å². The molecule has 2 rings (SSSR count). The molecule has 0 radical (unpaired) electrons. The van der Waals surface area contributed by atoms with E-state index >= 15 is 0 Å². The maximum absolute atomic E-state index is 12.1. The predicted octanol–water partition coefficient (Wildman–Crippen LogP) is 3.56. The van der Waals surface area contributed by atoms with Crippen molar-refractivity contribution < 1.29 is 9.90 Å². The van der Waals surface area contributed by atoms with Gasteiger partial charge in [-0.05, 0) is 59.6 Å². The summed E-state index contributed by atoms with van der Waals surface area (Å²) in [7, 11) is 0. The van der Waals surface area contributed by atoms with Crippen molar-refractivity contribution in [3.63, 3.8) is 0 Å². The number of aromatic hydroxyl groups is 1. The van der Waals surface area contributed by atoms with Crippen LogP contribution in [0.5, 0.6) is 5.75 Å². The van der Waals surface area contributed by atoms with Crippen molar-refractivity contribution >= 4 is 33.6 Å². The minimum absolute atomic E-state index is 0.0956. The number of carbonyl (C=O) groups is 1. The third-order valence-corrected chi connectivity index (χ3v) is 5.27. The van der Waals surface area contributed by atoms with Gasteiger partial charge in [0.1, 0.15) is 5.75 Å². The van der Waals surface area contributed by atoms with E-state index in [0.717, 1.165) is 12.8 Å². The molecular weight excluding hydrogens is 326 g/mol. The van der Waals surface area contributed by atoms with Crippen molar-refractivity contribution in [1.82, 2.24) is 5.32 Å². The molecule has 3 nitrogen and oxygen atoms in total. The van der Waals surface area contributed by atoms with Crippen LogP contribution < -0.4 is 5.32 Å². The number of halogens is 1. The Balaban J connectivity index is 1.98. The number of nitrogens with one attached hydrogen (secondary N) is 1. The minimum atomic E-state index is -0.102. The number of phenolic OH excluding ortho intramolecular Hbond substituents is 1. The Bertz CT molecular complexity index is 467. The third-order valence-electron chi connectivity index (χ3n) is 3.50. The maximum Gasteiger partial charge on any atom is 0.251 e. The van der Waals surface area contributed by atoms with E-state index in [9.17, 15) is 9.90 Å². The van der Waals surface area contributed by atoms with Crippen molar-refractivity contribution in [2.45, 2.75) is 37.0 Å². The lowest BCUT2D eigenvalue weighted by atomic mass is 9.94. The molecule has 0 heterocycles. The van der Waals surface area contributed by atoms with Crippen LogP contribution in [-0.4, -0.2) is 28.6 Å². The third kappa shape index (κ3) is 3.89. The largest absolute Gasteiger partial charge is 0.507 e. The molecule has 104 valence electrons. The predicted molar refractivity (Wildman–Crippen MR) is 82.8 cm³/mol. The number of benzene rings is 1. The van der Waals surface area contributed by atoms with Gasteiger partial charge in [0, 0.05) is 16.9 Å². The second-order valence-electron chi connectivity index (χ2n) is 4.86. The van der Waals surface area contributed by atoms with Gasteiger partial charge in [-0.1, -0.05) is 6.42 Å². The monoisotopic (exact) mass is 343 g/mol. The molecule has 1 aliphatic carbocycles. The van der Waals surface area contributed by atoms with E-state index in [-0.39, 0.29) is 17.7 Å². The summed E-state index contributed by atoms with van der Waals surface area (Å²) in [6, 6.07) is 5.16. The summed E-state index contributed by atoms with van der Waals surface area (Å²) in [5.41, 5.74) is 0.506. The maximum atomic E-state index is 12.1. The average Bonchev–Trinajstić information content (AvgIpc) is 2.42. The van der Waals surface area contributed by atoms with Crippen LogP contribution in [0.15, 0.2) is 22.7 Å². The molecule has 0 aromatic heterocycles. The molecule has 2 atom stereocenters. The fraction of sp³-hybridized carbons (Fsp3) is 0.500. The summed E-state index contributed by atoms with van der Waals surface area (Å²) in [4.78, 5) is 12.1. The number of rotatable bonds is 3. The van der Waals surface area contributed by atoms with Crippen LogP contribution in [0.4, 0.5) is 0 Å². The van der Waals surface area contributed by atoms with Gasteiger partial charge in [-0.2, -0.15) is 11.8 Å². The highest BCUT2D eigenvalue weighted by molar-refractivity contribution is 9.10. The molecule has 1 saturated carbocycles. The topological polar surface area (TPSA) is 49.3 Å². The number of carbonyl (C=O) groups excluding carboxylic acids is 1. The Labute approximate surface area is 126 Å². The van der Waals surface area contributed by atoms with Crippen molar-refractivity contribution in [3.8, 4) is 5.75 Å². The fourth-order valence-electron chi connectivity index (χ4n) is 2.41. The zero-order valence-electron chi connectivity index (χ0n) is 10.9. The minimum Gasteiger partial charge on any atom is -0.507 e. The highest BCUT2D eigenvalue weighted by Gasteiger charge is 2.23. The number of amides is 1. The molecule has 0 spiro atoms. The van der Waals surface area contributed by atoms with Gasteiger partial charge in [-0.3, -0.25) is 4.79 Å². The van der Waals surface area contributed by atoms with E-state index in [1.54, 1.807) is 12.1 Å². The summed E-state index contributed by atoms with van der Waals surface area (Å²) in [6.45, 7) is 0. The van der Waals surface area contributed by atoms with Crippen LogP contribution in [0.25, 0.3) is 0 Å². The molecule has 1 aliphatic rings. The van der Waals surface area contributed by atoms with E-state index < -0.39 is 0 Å². The molecule has 1 aromatic carbocycles. The molecular formula is C14H18BrNO2S. The first kappa shape index (κ1) is 14.7. The average molecular weight is 344 g/mol. The molecule has 1 fully saturated rings. The van der Waals surface area contributed by atoms with E-state index in [1.807, 2.05) is 11.8 Å². The van der Waals surface area contributed by atoms with Crippen LogP contribution in [0.1, 0.15) is 36.0 Å². The Morgan fingerprint density at radius 3 is 2.95 bits per heavy atom. The van der Waals surface area contributed by atoms with Crippen LogP contribution in [0.3, 0.4) is 0 Å². The fourth-order valence-corrected chi connectivity index (χ4v) is 3.49. The smallest absolute Gasteiger partial charge is 0.251 e. The lowest BCUT2D eigenvalue weighted by Crippen LogP contribution is -2.39. The molecule has 1 aromatic rings. The normalized spacial score (nSPS) is 23.1. The van der Waals surface area contributed by atoms with Gasteiger partial charge >= 0.3 is 0 Å². The quantitative estimate of drug-likeness (QED) is 0.882. The second kappa shape index (κ2) is 6.66. The summed E-state index contributed by atoms with van der Waals surface area (Å²) >= 11 is 5.09. The first-order valence-electron chi connectivity index (χ1n) is 6.42. The van der Waals surface area contributed by atoms with Gasteiger partial charge in [0.2, 0.25) is 0 Å². The Kier molecular flexibility index (Phi) is 5.16. The molecule has 2 unspecified atom stereocenters.